The Bertz CT molecular complexity index is 1120. The normalized spacial score (nSPS) is 18.9. The Hall–Kier alpha value is -2.63. The monoisotopic (exact) mass is 568 g/mol. The van der Waals surface area contributed by atoms with Gasteiger partial charge >= 0.3 is 6.36 Å². The fourth-order valence-electron chi connectivity index (χ4n) is 3.88. The van der Waals surface area contributed by atoms with Crippen LogP contribution in [-0.4, -0.2) is 28.8 Å². The van der Waals surface area contributed by atoms with Crippen molar-refractivity contribution in [3.63, 3.8) is 0 Å². The summed E-state index contributed by atoms with van der Waals surface area (Å²) in [4.78, 5) is 14.9. The van der Waals surface area contributed by atoms with Gasteiger partial charge in [0.2, 0.25) is 5.91 Å². The number of alkyl halides is 3. The van der Waals surface area contributed by atoms with Crippen LogP contribution in [0.15, 0.2) is 72.8 Å². The van der Waals surface area contributed by atoms with Crippen molar-refractivity contribution < 1.29 is 27.8 Å². The molecular formula is C24H20F3IN2O3. The van der Waals surface area contributed by atoms with Crippen LogP contribution in [0.25, 0.3) is 0 Å². The number of halogens is 4. The van der Waals surface area contributed by atoms with E-state index in [4.69, 9.17) is 0 Å². The minimum Gasteiger partial charge on any atom is -0.406 e. The van der Waals surface area contributed by atoms with Gasteiger partial charge in [0.1, 0.15) is 18.0 Å². The average Bonchev–Trinajstić information content (AvgIpc) is 2.87. The minimum absolute atomic E-state index is 0.342. The Labute approximate surface area is 202 Å². The zero-order valence-corrected chi connectivity index (χ0v) is 19.4. The third-order valence-electron chi connectivity index (χ3n) is 5.37. The third-order valence-corrected chi connectivity index (χ3v) is 6.05. The molecule has 0 fully saturated rings. The maximum absolute atomic E-state index is 13.3. The quantitative estimate of drug-likeness (QED) is 0.404. The molecule has 2 N–H and O–H groups in total. The van der Waals surface area contributed by atoms with E-state index in [2.05, 4.69) is 32.6 Å². The van der Waals surface area contributed by atoms with Gasteiger partial charge in [0.05, 0.1) is 0 Å². The molecule has 1 aliphatic heterocycles. The topological polar surface area (TPSA) is 61.8 Å². The van der Waals surface area contributed by atoms with Gasteiger partial charge in [0.15, 0.2) is 0 Å². The largest absolute Gasteiger partial charge is 0.573 e. The van der Waals surface area contributed by atoms with E-state index < -0.39 is 18.6 Å². The molecule has 3 aromatic rings. The van der Waals surface area contributed by atoms with Crippen LogP contribution in [0.2, 0.25) is 0 Å². The lowest BCUT2D eigenvalue weighted by Crippen LogP contribution is -2.38. The summed E-state index contributed by atoms with van der Waals surface area (Å²) in [6.45, 7) is 0.342. The van der Waals surface area contributed by atoms with Crippen LogP contribution in [0.1, 0.15) is 29.0 Å². The summed E-state index contributed by atoms with van der Waals surface area (Å²) in [5.41, 5.74) is 2.53. The highest BCUT2D eigenvalue weighted by atomic mass is 127. The number of aliphatic hydroxyl groups excluding tert-OH is 1. The van der Waals surface area contributed by atoms with E-state index in [1.807, 2.05) is 36.4 Å². The molecule has 33 heavy (non-hydrogen) atoms. The van der Waals surface area contributed by atoms with Crippen molar-refractivity contribution in [3.8, 4) is 5.75 Å². The first-order chi connectivity index (χ1) is 15.7. The van der Waals surface area contributed by atoms with E-state index in [0.717, 1.165) is 9.13 Å². The molecule has 2 atom stereocenters. The fourth-order valence-corrected chi connectivity index (χ4v) is 4.40. The van der Waals surface area contributed by atoms with Gasteiger partial charge < -0.3 is 15.2 Å². The molecule has 9 heteroatoms. The number of nitrogens with zero attached hydrogens (tertiary/aromatic N) is 1. The number of carbonyl (C=O) groups excluding carboxylic acids is 1. The van der Waals surface area contributed by atoms with E-state index >= 15 is 0 Å². The Balaban J connectivity index is 1.70. The molecule has 0 bridgehead atoms. The Morgan fingerprint density at radius 3 is 2.39 bits per heavy atom. The van der Waals surface area contributed by atoms with Crippen LogP contribution in [-0.2, 0) is 11.2 Å². The lowest BCUT2D eigenvalue weighted by Gasteiger charge is -2.32. The number of nitrogens with one attached hydrogen (secondary N) is 1. The molecule has 0 saturated carbocycles. The molecule has 0 radical (unpaired) electrons. The average molecular weight is 568 g/mol. The summed E-state index contributed by atoms with van der Waals surface area (Å²) in [6.07, 6.45) is -5.35. The van der Waals surface area contributed by atoms with Gasteiger partial charge in [0, 0.05) is 21.4 Å². The van der Waals surface area contributed by atoms with Gasteiger partial charge in [-0.1, -0.05) is 42.5 Å². The summed E-state index contributed by atoms with van der Waals surface area (Å²) in [6, 6.07) is 19.2. The van der Waals surface area contributed by atoms with Crippen molar-refractivity contribution in [1.82, 2.24) is 4.90 Å². The molecule has 0 aliphatic carbocycles. The van der Waals surface area contributed by atoms with E-state index in [9.17, 15) is 23.1 Å². The first-order valence-corrected chi connectivity index (χ1v) is 11.2. The van der Waals surface area contributed by atoms with Gasteiger partial charge in [-0.05, 0) is 70.5 Å². The first-order valence-electron chi connectivity index (χ1n) is 10.1. The van der Waals surface area contributed by atoms with Crippen LogP contribution in [0.3, 0.4) is 0 Å². The molecular weight excluding hydrogens is 548 g/mol. The minimum atomic E-state index is -4.81. The number of ether oxygens (including phenoxy) is 1. The number of amides is 1. The van der Waals surface area contributed by atoms with Crippen molar-refractivity contribution in [2.24, 2.45) is 0 Å². The predicted molar refractivity (Wildman–Crippen MR) is 125 cm³/mol. The molecule has 0 spiro atoms. The molecule has 2 unspecified atom stereocenters. The maximum Gasteiger partial charge on any atom is 0.573 e. The van der Waals surface area contributed by atoms with Crippen LogP contribution in [0.4, 0.5) is 18.9 Å². The molecule has 0 saturated heterocycles. The van der Waals surface area contributed by atoms with E-state index in [0.29, 0.717) is 29.8 Å². The van der Waals surface area contributed by atoms with Crippen molar-refractivity contribution in [2.45, 2.75) is 25.1 Å². The lowest BCUT2D eigenvalue weighted by atomic mass is 10.0. The summed E-state index contributed by atoms with van der Waals surface area (Å²) in [5.74, 6) is -0.763. The van der Waals surface area contributed by atoms with Crippen molar-refractivity contribution >= 4 is 34.2 Å². The van der Waals surface area contributed by atoms with E-state index in [1.54, 1.807) is 17.0 Å². The number of hydrogen-bond donors (Lipinski definition) is 2. The number of anilines is 1. The van der Waals surface area contributed by atoms with Crippen molar-refractivity contribution in [2.75, 3.05) is 11.9 Å². The van der Waals surface area contributed by atoms with Crippen LogP contribution in [0, 0.1) is 3.57 Å². The number of rotatable bonds is 5. The smallest absolute Gasteiger partial charge is 0.406 e. The molecule has 1 aliphatic rings. The fraction of sp³-hybridized carbons (Fsp3) is 0.208. The number of hydrogen-bond acceptors (Lipinski definition) is 4. The standard InChI is InChI=1S/C24H20F3IN2O3/c25-24(26,27)33-18-9-6-16(7-10-18)21-22(31)29-20-11-8-17(28)14-19(20)23(32)30(21)13-12-15-4-2-1-3-5-15/h1-11,14,21,23,32H,12-13H2,(H,29,31). The van der Waals surface area contributed by atoms with Crippen LogP contribution < -0.4 is 10.1 Å². The van der Waals surface area contributed by atoms with Crippen LogP contribution >= 0.6 is 22.6 Å². The second-order valence-corrected chi connectivity index (χ2v) is 8.83. The van der Waals surface area contributed by atoms with Gasteiger partial charge in [-0.2, -0.15) is 0 Å². The van der Waals surface area contributed by atoms with E-state index in [1.165, 1.54) is 24.3 Å². The Morgan fingerprint density at radius 2 is 1.73 bits per heavy atom. The zero-order chi connectivity index (χ0) is 23.6. The zero-order valence-electron chi connectivity index (χ0n) is 17.2. The molecule has 1 heterocycles. The van der Waals surface area contributed by atoms with Gasteiger partial charge in [-0.15, -0.1) is 13.2 Å². The molecule has 3 aromatic carbocycles. The molecule has 172 valence electrons. The predicted octanol–water partition coefficient (Wildman–Crippen LogP) is 5.42. The highest BCUT2D eigenvalue weighted by Crippen LogP contribution is 2.38. The molecule has 1 amide bonds. The SMILES string of the molecule is O=C1Nc2ccc(I)cc2C(O)N(CCc2ccccc2)C1c1ccc(OC(F)(F)F)cc1. The maximum atomic E-state index is 13.3. The molecule has 4 rings (SSSR count). The Morgan fingerprint density at radius 1 is 1.03 bits per heavy atom. The van der Waals surface area contributed by atoms with Crippen LogP contribution in [0.5, 0.6) is 5.75 Å². The summed E-state index contributed by atoms with van der Waals surface area (Å²) >= 11 is 2.13. The number of carbonyl (C=O) groups is 1. The second kappa shape index (κ2) is 9.70. The lowest BCUT2D eigenvalue weighted by molar-refractivity contribution is -0.274. The van der Waals surface area contributed by atoms with Crippen molar-refractivity contribution in [3.05, 3.63) is 93.1 Å². The van der Waals surface area contributed by atoms with Gasteiger partial charge in [0.25, 0.3) is 0 Å². The summed E-state index contributed by atoms with van der Waals surface area (Å²) in [5, 5.41) is 14.2. The van der Waals surface area contributed by atoms with Crippen molar-refractivity contribution in [1.29, 1.82) is 0 Å². The highest BCUT2D eigenvalue weighted by molar-refractivity contribution is 14.1. The third kappa shape index (κ3) is 5.66. The highest BCUT2D eigenvalue weighted by Gasteiger charge is 2.37. The number of benzene rings is 3. The summed E-state index contributed by atoms with van der Waals surface area (Å²) in [7, 11) is 0. The van der Waals surface area contributed by atoms with E-state index in [-0.39, 0.29) is 11.7 Å². The number of aliphatic hydroxyl groups is 1. The van der Waals surface area contributed by atoms with Gasteiger partial charge in [-0.25, -0.2) is 0 Å². The molecule has 0 aromatic heterocycles. The first kappa shape index (κ1) is 23.5. The summed E-state index contributed by atoms with van der Waals surface area (Å²) < 4.78 is 42.5. The Kier molecular flexibility index (Phi) is 6.91. The number of fused-ring (bicyclic) bond motifs is 1. The molecule has 5 nitrogen and oxygen atoms in total. The second-order valence-electron chi connectivity index (χ2n) is 7.59. The van der Waals surface area contributed by atoms with Gasteiger partial charge in [-0.3, -0.25) is 9.69 Å².